The summed E-state index contributed by atoms with van der Waals surface area (Å²) >= 11 is 0. The molecule has 2 aromatic heterocycles. The van der Waals surface area contributed by atoms with E-state index in [1.807, 2.05) is 24.4 Å². The van der Waals surface area contributed by atoms with E-state index in [0.717, 1.165) is 36.7 Å². The number of halogens is 1. The monoisotopic (exact) mass is 438 g/mol. The van der Waals surface area contributed by atoms with Crippen LogP contribution in [-0.4, -0.2) is 33.3 Å². The molecule has 1 aliphatic rings. The number of pyridine rings is 1. The van der Waals surface area contributed by atoms with Gasteiger partial charge in [-0.25, -0.2) is 14.7 Å². The summed E-state index contributed by atoms with van der Waals surface area (Å²) in [5, 5.41) is 11.0. The Morgan fingerprint density at radius 2 is 2.17 bits per heavy atom. The van der Waals surface area contributed by atoms with Gasteiger partial charge in [0.1, 0.15) is 0 Å². The quantitative estimate of drug-likeness (QED) is 0.326. The number of guanidine groups is 1. The minimum absolute atomic E-state index is 0. The van der Waals surface area contributed by atoms with Gasteiger partial charge in [0.15, 0.2) is 11.8 Å². The fourth-order valence-electron chi connectivity index (χ4n) is 2.51. The largest absolute Gasteiger partial charge is 0.357 e. The van der Waals surface area contributed by atoms with Gasteiger partial charge in [-0.2, -0.15) is 5.10 Å². The van der Waals surface area contributed by atoms with Crippen molar-refractivity contribution in [2.24, 2.45) is 4.99 Å². The summed E-state index contributed by atoms with van der Waals surface area (Å²) in [5.41, 5.74) is 1.10. The zero-order valence-corrected chi connectivity index (χ0v) is 16.1. The van der Waals surface area contributed by atoms with E-state index in [-0.39, 0.29) is 24.0 Å². The van der Waals surface area contributed by atoms with Crippen LogP contribution in [0, 0.1) is 0 Å². The van der Waals surface area contributed by atoms with Crippen molar-refractivity contribution in [1.82, 2.24) is 25.4 Å². The maximum atomic E-state index is 4.68. The highest BCUT2D eigenvalue weighted by atomic mass is 127. The SMILES string of the molecule is CCNC(=NCc1ccnc(-n2cccn2)c1)NC1CC=CC1.I. The lowest BCUT2D eigenvalue weighted by Crippen LogP contribution is -2.42. The van der Waals surface area contributed by atoms with Gasteiger partial charge in [0, 0.05) is 31.2 Å². The fraction of sp³-hybridized carbons (Fsp3) is 0.353. The van der Waals surface area contributed by atoms with Gasteiger partial charge < -0.3 is 10.6 Å². The molecule has 24 heavy (non-hydrogen) atoms. The van der Waals surface area contributed by atoms with Crippen LogP contribution in [0.2, 0.25) is 0 Å². The van der Waals surface area contributed by atoms with Crippen LogP contribution in [0.25, 0.3) is 5.82 Å². The average Bonchev–Trinajstić information content (AvgIpc) is 3.27. The van der Waals surface area contributed by atoms with Crippen LogP contribution in [0.5, 0.6) is 0 Å². The van der Waals surface area contributed by atoms with Crippen molar-refractivity contribution in [3.8, 4) is 5.82 Å². The Bertz CT molecular complexity index is 672. The molecule has 2 N–H and O–H groups in total. The first-order valence-corrected chi connectivity index (χ1v) is 8.00. The predicted molar refractivity (Wildman–Crippen MR) is 107 cm³/mol. The molecule has 0 bridgehead atoms. The van der Waals surface area contributed by atoms with E-state index in [0.29, 0.717) is 12.6 Å². The molecular weight excluding hydrogens is 415 g/mol. The molecule has 0 radical (unpaired) electrons. The van der Waals surface area contributed by atoms with E-state index >= 15 is 0 Å². The summed E-state index contributed by atoms with van der Waals surface area (Å²) in [7, 11) is 0. The van der Waals surface area contributed by atoms with Crippen molar-refractivity contribution in [3.63, 3.8) is 0 Å². The predicted octanol–water partition coefficient (Wildman–Crippen LogP) is 2.66. The van der Waals surface area contributed by atoms with Crippen LogP contribution in [-0.2, 0) is 6.54 Å². The second kappa shape index (κ2) is 9.41. The Balaban J connectivity index is 0.00000208. The van der Waals surface area contributed by atoms with Gasteiger partial charge >= 0.3 is 0 Å². The molecule has 6 nitrogen and oxygen atoms in total. The Morgan fingerprint density at radius 3 is 2.88 bits per heavy atom. The van der Waals surface area contributed by atoms with Crippen LogP contribution in [0.15, 0.2) is 53.9 Å². The first-order valence-electron chi connectivity index (χ1n) is 8.00. The highest BCUT2D eigenvalue weighted by molar-refractivity contribution is 14.0. The molecule has 0 saturated carbocycles. The van der Waals surface area contributed by atoms with Crippen molar-refractivity contribution < 1.29 is 0 Å². The van der Waals surface area contributed by atoms with Crippen molar-refractivity contribution in [1.29, 1.82) is 0 Å². The zero-order valence-electron chi connectivity index (χ0n) is 13.7. The smallest absolute Gasteiger partial charge is 0.191 e. The zero-order chi connectivity index (χ0) is 15.9. The second-order valence-corrected chi connectivity index (χ2v) is 5.45. The number of rotatable bonds is 5. The molecule has 0 unspecified atom stereocenters. The highest BCUT2D eigenvalue weighted by Gasteiger charge is 2.11. The van der Waals surface area contributed by atoms with Gasteiger partial charge in [0.05, 0.1) is 6.54 Å². The Labute approximate surface area is 159 Å². The van der Waals surface area contributed by atoms with Crippen LogP contribution >= 0.6 is 24.0 Å². The van der Waals surface area contributed by atoms with E-state index in [2.05, 4.69) is 44.8 Å². The summed E-state index contributed by atoms with van der Waals surface area (Å²) in [6, 6.07) is 6.33. The van der Waals surface area contributed by atoms with Crippen molar-refractivity contribution in [2.45, 2.75) is 32.4 Å². The lowest BCUT2D eigenvalue weighted by Gasteiger charge is -2.16. The number of hydrogen-bond donors (Lipinski definition) is 2. The number of aromatic nitrogens is 3. The van der Waals surface area contributed by atoms with Crippen molar-refractivity contribution >= 4 is 29.9 Å². The number of hydrogen-bond acceptors (Lipinski definition) is 3. The minimum Gasteiger partial charge on any atom is -0.357 e. The summed E-state index contributed by atoms with van der Waals surface area (Å²) < 4.78 is 1.75. The molecule has 2 aromatic rings. The molecule has 1 aliphatic carbocycles. The van der Waals surface area contributed by atoms with Crippen LogP contribution in [0.1, 0.15) is 25.3 Å². The first kappa shape index (κ1) is 18.4. The van der Waals surface area contributed by atoms with Gasteiger partial charge in [-0.1, -0.05) is 12.2 Å². The van der Waals surface area contributed by atoms with Crippen LogP contribution < -0.4 is 10.6 Å². The Hall–Kier alpha value is -1.90. The molecule has 0 fully saturated rings. The lowest BCUT2D eigenvalue weighted by molar-refractivity contribution is 0.633. The Kier molecular flexibility index (Phi) is 7.23. The molecule has 0 saturated heterocycles. The highest BCUT2D eigenvalue weighted by Crippen LogP contribution is 2.10. The van der Waals surface area contributed by atoms with E-state index in [9.17, 15) is 0 Å². The second-order valence-electron chi connectivity index (χ2n) is 5.45. The van der Waals surface area contributed by atoms with Crippen LogP contribution in [0.4, 0.5) is 0 Å². The van der Waals surface area contributed by atoms with E-state index < -0.39 is 0 Å². The standard InChI is InChI=1S/C17H22N6.HI/c1-2-18-17(22-15-6-3-4-7-15)20-13-14-8-10-19-16(12-14)23-11-5-9-21-23;/h3-5,8-12,15H,2,6-7,13H2,1H3,(H2,18,20,22);1H. The summed E-state index contributed by atoms with van der Waals surface area (Å²) in [6.07, 6.45) is 12.0. The molecule has 0 atom stereocenters. The van der Waals surface area contributed by atoms with Crippen molar-refractivity contribution in [3.05, 3.63) is 54.5 Å². The topological polar surface area (TPSA) is 67.1 Å². The molecule has 3 rings (SSSR count). The molecule has 0 amide bonds. The van der Waals surface area contributed by atoms with Crippen molar-refractivity contribution in [2.75, 3.05) is 6.54 Å². The minimum atomic E-state index is 0. The van der Waals surface area contributed by atoms with Crippen LogP contribution in [0.3, 0.4) is 0 Å². The summed E-state index contributed by atoms with van der Waals surface area (Å²) in [4.78, 5) is 9.02. The Morgan fingerprint density at radius 1 is 1.33 bits per heavy atom. The number of nitrogens with one attached hydrogen (secondary N) is 2. The third kappa shape index (κ3) is 5.05. The maximum Gasteiger partial charge on any atom is 0.191 e. The van der Waals surface area contributed by atoms with Gasteiger partial charge in [-0.15, -0.1) is 24.0 Å². The molecular formula is C17H23IN6. The molecule has 0 aromatic carbocycles. The molecule has 0 aliphatic heterocycles. The first-order chi connectivity index (χ1) is 11.3. The van der Waals surface area contributed by atoms with E-state index in [1.54, 1.807) is 17.1 Å². The van der Waals surface area contributed by atoms with E-state index in [1.165, 1.54) is 0 Å². The lowest BCUT2D eigenvalue weighted by atomic mass is 10.2. The van der Waals surface area contributed by atoms with Gasteiger partial charge in [0.25, 0.3) is 0 Å². The third-order valence-corrected chi connectivity index (χ3v) is 3.66. The molecule has 7 heteroatoms. The number of nitrogens with zero attached hydrogens (tertiary/aromatic N) is 4. The third-order valence-electron chi connectivity index (χ3n) is 3.66. The van der Waals surface area contributed by atoms with Gasteiger partial charge in [-0.3, -0.25) is 0 Å². The summed E-state index contributed by atoms with van der Waals surface area (Å²) in [5.74, 6) is 1.67. The van der Waals surface area contributed by atoms with Gasteiger partial charge in [-0.05, 0) is 43.5 Å². The molecule has 0 spiro atoms. The molecule has 2 heterocycles. The number of aliphatic imine (C=N–C) groups is 1. The van der Waals surface area contributed by atoms with E-state index in [4.69, 9.17) is 0 Å². The average molecular weight is 438 g/mol. The van der Waals surface area contributed by atoms with Gasteiger partial charge in [0.2, 0.25) is 0 Å². The summed E-state index contributed by atoms with van der Waals surface area (Å²) in [6.45, 7) is 3.53. The fourth-order valence-corrected chi connectivity index (χ4v) is 2.51. The normalized spacial score (nSPS) is 14.5. The molecule has 128 valence electrons. The maximum absolute atomic E-state index is 4.68.